The van der Waals surface area contributed by atoms with E-state index in [1.807, 2.05) is 0 Å². The molecule has 0 rings (SSSR count). The maximum atomic E-state index is 6.50. The fourth-order valence-electron chi connectivity index (χ4n) is 0. The van der Waals surface area contributed by atoms with Crippen LogP contribution in [0.25, 0.3) is 0 Å². The van der Waals surface area contributed by atoms with Crippen molar-refractivity contribution in [1.82, 2.24) is 0 Å². The van der Waals surface area contributed by atoms with Crippen LogP contribution in [0.15, 0.2) is 0 Å². The molecule has 0 unspecified atom stereocenters. The predicted octanol–water partition coefficient (Wildman–Crippen LogP) is 0.188. The summed E-state index contributed by atoms with van der Waals surface area (Å²) in [5.41, 5.74) is 0. The van der Waals surface area contributed by atoms with Gasteiger partial charge in [-0.3, -0.25) is 0 Å². The molecule has 0 aromatic rings. The van der Waals surface area contributed by atoms with Crippen LogP contribution in [0, 0.1) is 71.0 Å². The summed E-state index contributed by atoms with van der Waals surface area (Å²) in [6.07, 6.45) is 0. The summed E-state index contributed by atoms with van der Waals surface area (Å²) < 4.78 is 0. The minimum atomic E-state index is 0. The van der Waals surface area contributed by atoms with E-state index >= 15 is 0 Å². The van der Waals surface area contributed by atoms with Crippen molar-refractivity contribution < 1.29 is 16.8 Å². The van der Waals surface area contributed by atoms with Crippen LogP contribution >= 0.6 is 0 Å². The second-order valence-corrected chi connectivity index (χ2v) is 0. The van der Waals surface area contributed by atoms with Crippen molar-refractivity contribution in [2.24, 2.45) is 0 Å². The molecule has 0 amide bonds. The molecule has 0 N–H and O–H groups in total. The second-order valence-electron chi connectivity index (χ2n) is 0. The van der Waals surface area contributed by atoms with Gasteiger partial charge in [-0.1, -0.05) is 0 Å². The molecular weight excluding hydrogens is 238 g/mol. The Bertz CT molecular complexity index is 97.3. The zero-order chi connectivity index (χ0) is 12.0. The summed E-state index contributed by atoms with van der Waals surface area (Å²) in [6, 6.07) is 0. The molecule has 0 aromatic heterocycles. The number of nitrogens with zero attached hydrogens (tertiary/aromatic N) is 6. The molecule has 14 heavy (non-hydrogen) atoms. The van der Waals surface area contributed by atoms with E-state index in [-0.39, 0.29) is 46.3 Å². The van der Waals surface area contributed by atoms with Crippen LogP contribution in [-0.2, 0) is 16.8 Å². The molecule has 0 spiro atoms. The van der Waals surface area contributed by atoms with E-state index in [1.54, 1.807) is 0 Å². The fraction of sp³-hybridized carbons (Fsp3) is 0. The Hall–Kier alpha value is -1.55. The van der Waals surface area contributed by atoms with Gasteiger partial charge < -0.3 is 0 Å². The standard InChI is InChI=1S/6CHN.Co.Na.H/c6*1-2;;;/h6*1H;;;. The van der Waals surface area contributed by atoms with Crippen LogP contribution < -0.4 is 0 Å². The van der Waals surface area contributed by atoms with E-state index in [4.69, 9.17) is 31.6 Å². The number of rotatable bonds is 0. The zero-order valence-corrected chi connectivity index (χ0v) is 7.52. The van der Waals surface area contributed by atoms with Gasteiger partial charge in [-0.25, -0.2) is 31.6 Å². The van der Waals surface area contributed by atoms with Crippen molar-refractivity contribution in [1.29, 1.82) is 31.6 Å². The zero-order valence-electron chi connectivity index (χ0n) is 6.48. The molecule has 0 aliphatic rings. The van der Waals surface area contributed by atoms with E-state index in [0.29, 0.717) is 0 Å². The van der Waals surface area contributed by atoms with E-state index in [2.05, 4.69) is 39.4 Å². The average Bonchev–Trinajstić information content (AvgIpc) is 2.33. The molecule has 71 valence electrons. The number of nitriles is 6. The molecule has 6 nitrogen and oxygen atoms in total. The fourth-order valence-corrected chi connectivity index (χ4v) is 0. The van der Waals surface area contributed by atoms with Gasteiger partial charge in [0.1, 0.15) is 0 Å². The van der Waals surface area contributed by atoms with Crippen molar-refractivity contribution in [3.05, 3.63) is 0 Å². The van der Waals surface area contributed by atoms with Crippen molar-refractivity contribution in [2.75, 3.05) is 0 Å². The molecule has 0 aliphatic heterocycles. The van der Waals surface area contributed by atoms with Gasteiger partial charge in [-0.05, 0) is 0 Å². The third kappa shape index (κ3) is 386. The summed E-state index contributed by atoms with van der Waals surface area (Å²) in [5.74, 6) is 0. The van der Waals surface area contributed by atoms with Gasteiger partial charge in [0.25, 0.3) is 0 Å². The molecule has 0 saturated carbocycles. The maximum absolute atomic E-state index is 6.50. The second kappa shape index (κ2) is 518. The van der Waals surface area contributed by atoms with Gasteiger partial charge in [0.15, 0.2) is 0 Å². The van der Waals surface area contributed by atoms with Gasteiger partial charge in [-0.2, -0.15) is 0 Å². The summed E-state index contributed by atoms with van der Waals surface area (Å²) in [7, 11) is 0. The molecule has 0 aliphatic carbocycles. The molecule has 0 aromatic carbocycles. The quantitative estimate of drug-likeness (QED) is 0.557. The first kappa shape index (κ1) is 82.5. The molecule has 0 fully saturated rings. The van der Waals surface area contributed by atoms with E-state index in [0.717, 1.165) is 0 Å². The molecular formula is C6H7CoN6Na. The van der Waals surface area contributed by atoms with Gasteiger partial charge in [0.05, 0.1) is 0 Å². The van der Waals surface area contributed by atoms with Crippen molar-refractivity contribution in [3.8, 4) is 39.4 Å². The molecule has 8 heteroatoms. The Morgan fingerprint density at radius 1 is 0.357 bits per heavy atom. The number of hydrogen-bond acceptors (Lipinski definition) is 6. The first-order valence-corrected chi connectivity index (χ1v) is 1.55. The van der Waals surface area contributed by atoms with E-state index < -0.39 is 0 Å². The summed E-state index contributed by atoms with van der Waals surface area (Å²) in [6.45, 7) is 21.0. The minimum absolute atomic E-state index is 0. The topological polar surface area (TPSA) is 143 Å². The molecule has 0 heterocycles. The van der Waals surface area contributed by atoms with E-state index in [9.17, 15) is 0 Å². The Balaban J connectivity index is -0.00000000500. The van der Waals surface area contributed by atoms with Gasteiger partial charge >= 0.3 is 29.6 Å². The van der Waals surface area contributed by atoms with Gasteiger partial charge in [0, 0.05) is 56.2 Å². The van der Waals surface area contributed by atoms with Crippen LogP contribution in [0.1, 0.15) is 0 Å². The van der Waals surface area contributed by atoms with Gasteiger partial charge in [0.2, 0.25) is 0 Å². The van der Waals surface area contributed by atoms with Crippen molar-refractivity contribution >= 4 is 29.6 Å². The summed E-state index contributed by atoms with van der Waals surface area (Å²) in [5, 5.41) is 39.0. The normalized spacial score (nSPS) is 0.857. The van der Waals surface area contributed by atoms with Crippen LogP contribution in [0.5, 0.6) is 0 Å². The van der Waals surface area contributed by atoms with E-state index in [1.165, 1.54) is 0 Å². The third-order valence-corrected chi connectivity index (χ3v) is 0. The molecule has 1 radical (unpaired) electrons. The first-order valence-electron chi connectivity index (χ1n) is 1.55. The van der Waals surface area contributed by atoms with Crippen LogP contribution in [0.2, 0.25) is 0 Å². The van der Waals surface area contributed by atoms with Crippen molar-refractivity contribution in [3.63, 3.8) is 0 Å². The van der Waals surface area contributed by atoms with Crippen LogP contribution in [0.4, 0.5) is 0 Å². The Kier molecular flexibility index (Phi) is 3050. The van der Waals surface area contributed by atoms with Crippen LogP contribution in [-0.4, -0.2) is 29.6 Å². The Labute approximate surface area is 117 Å². The summed E-state index contributed by atoms with van der Waals surface area (Å²) >= 11 is 0. The average molecular weight is 245 g/mol. The Morgan fingerprint density at radius 3 is 0.357 bits per heavy atom. The molecule has 0 bridgehead atoms. The van der Waals surface area contributed by atoms with Crippen LogP contribution in [0.3, 0.4) is 0 Å². The predicted molar refractivity (Wildman–Crippen MR) is 47.2 cm³/mol. The Morgan fingerprint density at radius 2 is 0.357 bits per heavy atom. The SMILES string of the molecule is C#N.C#N.C#N.C#N.C#N.C#N.[Co].[NaH]. The first-order chi connectivity index (χ1) is 6.00. The third-order valence-electron chi connectivity index (χ3n) is 0. The monoisotopic (exact) mass is 245 g/mol. The number of hydrogen-bond donors (Lipinski definition) is 0. The molecule has 0 saturated heterocycles. The van der Waals surface area contributed by atoms with Crippen molar-refractivity contribution in [2.45, 2.75) is 0 Å². The summed E-state index contributed by atoms with van der Waals surface area (Å²) in [4.78, 5) is 0. The van der Waals surface area contributed by atoms with Gasteiger partial charge in [-0.15, -0.1) is 0 Å². The molecule has 0 atom stereocenters.